The maximum absolute atomic E-state index is 14.0. The molecule has 1 aromatic rings. The summed E-state index contributed by atoms with van der Waals surface area (Å²) in [4.78, 5) is 0.863. The predicted molar refractivity (Wildman–Crippen MR) is 61.7 cm³/mol. The lowest BCUT2D eigenvalue weighted by molar-refractivity contribution is 0.495. The van der Waals surface area contributed by atoms with Crippen molar-refractivity contribution in [3.8, 4) is 0 Å². The molecule has 2 heteroatoms. The summed E-state index contributed by atoms with van der Waals surface area (Å²) in [5, 5.41) is 1.95. The van der Waals surface area contributed by atoms with Crippen molar-refractivity contribution in [2.24, 2.45) is 0 Å². The average Bonchev–Trinajstić information content (AvgIpc) is 2.26. The van der Waals surface area contributed by atoms with Gasteiger partial charge in [-0.1, -0.05) is 41.5 Å². The topological polar surface area (TPSA) is 0 Å². The highest BCUT2D eigenvalue weighted by atomic mass is 32.1. The molecule has 0 bridgehead atoms. The molecule has 0 aliphatic heterocycles. The first-order valence-corrected chi connectivity index (χ1v) is 5.80. The fourth-order valence-corrected chi connectivity index (χ4v) is 2.62. The Morgan fingerprint density at radius 1 is 1.00 bits per heavy atom. The van der Waals surface area contributed by atoms with E-state index in [4.69, 9.17) is 0 Å². The van der Waals surface area contributed by atoms with Gasteiger partial charge in [-0.25, -0.2) is 4.39 Å². The van der Waals surface area contributed by atoms with E-state index in [0.717, 1.165) is 10.4 Å². The van der Waals surface area contributed by atoms with Crippen molar-refractivity contribution < 1.29 is 4.39 Å². The Balaban J connectivity index is 3.23. The number of rotatable bonds is 0. The highest BCUT2D eigenvalue weighted by Crippen LogP contribution is 2.37. The van der Waals surface area contributed by atoms with E-state index >= 15 is 0 Å². The van der Waals surface area contributed by atoms with Gasteiger partial charge in [0.2, 0.25) is 0 Å². The van der Waals surface area contributed by atoms with Crippen LogP contribution in [0.1, 0.15) is 52.0 Å². The van der Waals surface area contributed by atoms with E-state index in [1.807, 2.05) is 46.9 Å². The third-order valence-electron chi connectivity index (χ3n) is 2.22. The largest absolute Gasteiger partial charge is 0.205 e. The van der Waals surface area contributed by atoms with Crippen molar-refractivity contribution in [1.82, 2.24) is 0 Å². The van der Waals surface area contributed by atoms with Gasteiger partial charge in [-0.2, -0.15) is 0 Å². The van der Waals surface area contributed by atoms with Crippen LogP contribution in [0.2, 0.25) is 0 Å². The summed E-state index contributed by atoms with van der Waals surface area (Å²) in [5.74, 6) is -0.00463. The lowest BCUT2D eigenvalue weighted by Gasteiger charge is -2.19. The SMILES string of the molecule is CC(C)(C)c1csc(C(C)(C)C)c1F. The first-order valence-electron chi connectivity index (χ1n) is 4.92. The molecule has 1 rings (SSSR count). The molecule has 0 saturated heterocycles. The van der Waals surface area contributed by atoms with Gasteiger partial charge in [0.05, 0.1) is 0 Å². The van der Waals surface area contributed by atoms with Crippen molar-refractivity contribution >= 4 is 11.3 Å². The Labute approximate surface area is 90.2 Å². The molecule has 0 amide bonds. The number of thiophene rings is 1. The van der Waals surface area contributed by atoms with E-state index < -0.39 is 0 Å². The van der Waals surface area contributed by atoms with Crippen LogP contribution in [0.5, 0.6) is 0 Å². The highest BCUT2D eigenvalue weighted by molar-refractivity contribution is 7.10. The molecule has 0 saturated carbocycles. The first kappa shape index (κ1) is 11.7. The minimum absolute atomic E-state index is 0.00463. The molecule has 1 aromatic heterocycles. The summed E-state index contributed by atoms with van der Waals surface area (Å²) >= 11 is 1.53. The van der Waals surface area contributed by atoms with Gasteiger partial charge in [-0.15, -0.1) is 11.3 Å². The van der Waals surface area contributed by atoms with Crippen molar-refractivity contribution in [3.05, 3.63) is 21.6 Å². The van der Waals surface area contributed by atoms with Crippen molar-refractivity contribution in [2.75, 3.05) is 0 Å². The Hall–Kier alpha value is -0.370. The zero-order chi connectivity index (χ0) is 11.1. The Kier molecular flexibility index (Phi) is 2.79. The zero-order valence-electron chi connectivity index (χ0n) is 9.86. The van der Waals surface area contributed by atoms with E-state index in [9.17, 15) is 4.39 Å². The molecule has 1 heterocycles. The minimum atomic E-state index is -0.0932. The van der Waals surface area contributed by atoms with Gasteiger partial charge in [0.25, 0.3) is 0 Å². The Bertz CT molecular complexity index is 292. The van der Waals surface area contributed by atoms with Crippen LogP contribution < -0.4 is 0 Å². The molecule has 0 unspecified atom stereocenters. The average molecular weight is 214 g/mol. The lowest BCUT2D eigenvalue weighted by atomic mass is 9.86. The fourth-order valence-electron chi connectivity index (χ4n) is 1.36. The summed E-state index contributed by atoms with van der Waals surface area (Å²) in [5.41, 5.74) is 0.662. The van der Waals surface area contributed by atoms with Crippen LogP contribution in [0.4, 0.5) is 4.39 Å². The number of halogens is 1. The molecule has 0 radical (unpaired) electrons. The van der Waals surface area contributed by atoms with E-state index in [1.165, 1.54) is 11.3 Å². The Morgan fingerprint density at radius 3 is 1.71 bits per heavy atom. The molecular weight excluding hydrogens is 195 g/mol. The summed E-state index contributed by atoms with van der Waals surface area (Å²) in [6.07, 6.45) is 0. The third-order valence-corrected chi connectivity index (χ3v) is 3.60. The van der Waals surface area contributed by atoms with Crippen LogP contribution in [0.25, 0.3) is 0 Å². The van der Waals surface area contributed by atoms with Crippen molar-refractivity contribution in [2.45, 2.75) is 52.4 Å². The normalized spacial score (nSPS) is 13.4. The maximum atomic E-state index is 14.0. The zero-order valence-corrected chi connectivity index (χ0v) is 10.7. The summed E-state index contributed by atoms with van der Waals surface area (Å²) < 4.78 is 14.0. The molecule has 0 spiro atoms. The minimum Gasteiger partial charge on any atom is -0.205 e. The Morgan fingerprint density at radius 2 is 1.50 bits per heavy atom. The molecule has 0 N–H and O–H groups in total. The van der Waals surface area contributed by atoms with Crippen LogP contribution in [-0.2, 0) is 10.8 Å². The fraction of sp³-hybridized carbons (Fsp3) is 0.667. The first-order chi connectivity index (χ1) is 6.14. The van der Waals surface area contributed by atoms with E-state index in [1.54, 1.807) is 0 Å². The second-order valence-corrected chi connectivity index (χ2v) is 6.67. The van der Waals surface area contributed by atoms with Gasteiger partial charge in [-0.05, 0) is 16.2 Å². The molecule has 0 aliphatic carbocycles. The molecule has 80 valence electrons. The second kappa shape index (κ2) is 3.34. The van der Waals surface area contributed by atoms with Crippen LogP contribution in [0.15, 0.2) is 5.38 Å². The highest BCUT2D eigenvalue weighted by Gasteiger charge is 2.27. The molecule has 0 fully saturated rings. The van der Waals surface area contributed by atoms with Crippen LogP contribution >= 0.6 is 11.3 Å². The molecule has 0 aliphatic rings. The molecule has 0 atom stereocenters. The standard InChI is InChI=1S/C12H19FS/c1-11(2,3)8-7-14-10(9(8)13)12(4,5)6/h7H,1-6H3. The smallest absolute Gasteiger partial charge is 0.141 e. The van der Waals surface area contributed by atoms with Gasteiger partial charge >= 0.3 is 0 Å². The van der Waals surface area contributed by atoms with Gasteiger partial charge in [0.1, 0.15) is 5.82 Å². The monoisotopic (exact) mass is 214 g/mol. The van der Waals surface area contributed by atoms with Crippen LogP contribution in [0, 0.1) is 5.82 Å². The summed E-state index contributed by atoms with van der Waals surface area (Å²) in [6.45, 7) is 12.3. The summed E-state index contributed by atoms with van der Waals surface area (Å²) in [6, 6.07) is 0. The summed E-state index contributed by atoms with van der Waals surface area (Å²) in [7, 11) is 0. The second-order valence-electron chi connectivity index (χ2n) is 5.79. The van der Waals surface area contributed by atoms with Crippen molar-refractivity contribution in [1.29, 1.82) is 0 Å². The number of hydrogen-bond acceptors (Lipinski definition) is 1. The molecule has 0 nitrogen and oxygen atoms in total. The quantitative estimate of drug-likeness (QED) is 0.597. The van der Waals surface area contributed by atoms with E-state index in [-0.39, 0.29) is 16.6 Å². The van der Waals surface area contributed by atoms with Crippen LogP contribution in [-0.4, -0.2) is 0 Å². The van der Waals surface area contributed by atoms with Gasteiger partial charge in [0, 0.05) is 10.4 Å². The van der Waals surface area contributed by atoms with E-state index in [2.05, 4.69) is 0 Å². The number of hydrogen-bond donors (Lipinski definition) is 0. The van der Waals surface area contributed by atoms with E-state index in [0.29, 0.717) is 0 Å². The molecule has 0 aromatic carbocycles. The molecular formula is C12H19FS. The van der Waals surface area contributed by atoms with Gasteiger partial charge in [-0.3, -0.25) is 0 Å². The van der Waals surface area contributed by atoms with Gasteiger partial charge in [0.15, 0.2) is 0 Å². The van der Waals surface area contributed by atoms with Gasteiger partial charge < -0.3 is 0 Å². The maximum Gasteiger partial charge on any atom is 0.141 e. The molecule has 14 heavy (non-hydrogen) atoms. The third kappa shape index (κ3) is 2.17. The predicted octanol–water partition coefficient (Wildman–Crippen LogP) is 4.48. The van der Waals surface area contributed by atoms with Crippen molar-refractivity contribution in [3.63, 3.8) is 0 Å². The van der Waals surface area contributed by atoms with Crippen LogP contribution in [0.3, 0.4) is 0 Å². The lowest BCUT2D eigenvalue weighted by Crippen LogP contribution is -2.15.